The minimum atomic E-state index is 0.451. The summed E-state index contributed by atoms with van der Waals surface area (Å²) in [6, 6.07) is 12.8. The van der Waals surface area contributed by atoms with Gasteiger partial charge in [-0.15, -0.1) is 0 Å². The van der Waals surface area contributed by atoms with Crippen LogP contribution < -0.4 is 0 Å². The van der Waals surface area contributed by atoms with Gasteiger partial charge < -0.3 is 0 Å². The molecule has 0 spiro atoms. The van der Waals surface area contributed by atoms with Gasteiger partial charge in [-0.2, -0.15) is 5.10 Å². The molecule has 2 nitrogen and oxygen atoms in total. The number of halogens is 1. The second kappa shape index (κ2) is 6.90. The van der Waals surface area contributed by atoms with E-state index in [4.69, 9.17) is 0 Å². The Bertz CT molecular complexity index is 505. The molecule has 0 fully saturated rings. The molecule has 1 aromatic heterocycles. The molecule has 0 N–H and O–H groups in total. The molecule has 2 aromatic rings. The largest absolute Gasteiger partial charge is 0.272 e. The van der Waals surface area contributed by atoms with Crippen LogP contribution in [0.1, 0.15) is 41.5 Å². The van der Waals surface area contributed by atoms with Crippen molar-refractivity contribution in [2.75, 3.05) is 0 Å². The molecule has 1 atom stereocenters. The predicted molar refractivity (Wildman–Crippen MR) is 83.6 cm³/mol. The van der Waals surface area contributed by atoms with Gasteiger partial charge in [-0.3, -0.25) is 4.68 Å². The lowest BCUT2D eigenvalue weighted by Gasteiger charge is -2.09. The average Bonchev–Trinajstić information content (AvgIpc) is 2.80. The molecule has 2 rings (SSSR count). The minimum absolute atomic E-state index is 0.451. The van der Waals surface area contributed by atoms with Crippen LogP contribution in [-0.4, -0.2) is 9.78 Å². The first-order valence-electron chi connectivity index (χ1n) is 6.91. The van der Waals surface area contributed by atoms with Gasteiger partial charge in [0.2, 0.25) is 0 Å². The van der Waals surface area contributed by atoms with Crippen molar-refractivity contribution in [2.24, 2.45) is 7.05 Å². The summed E-state index contributed by atoms with van der Waals surface area (Å²) in [6.45, 7) is 2.15. The van der Waals surface area contributed by atoms with Gasteiger partial charge >= 0.3 is 0 Å². The highest BCUT2D eigenvalue weighted by atomic mass is 79.9. The molecule has 0 saturated carbocycles. The zero-order chi connectivity index (χ0) is 13.7. The fraction of sp³-hybridized carbons (Fsp3) is 0.438. The fourth-order valence-electron chi connectivity index (χ4n) is 2.27. The Kier molecular flexibility index (Phi) is 5.20. The molecule has 1 heterocycles. The number of benzene rings is 1. The van der Waals surface area contributed by atoms with Crippen LogP contribution in [0.4, 0.5) is 0 Å². The Morgan fingerprint density at radius 1 is 1.26 bits per heavy atom. The highest BCUT2D eigenvalue weighted by molar-refractivity contribution is 9.09. The van der Waals surface area contributed by atoms with E-state index in [1.165, 1.54) is 23.4 Å². The summed E-state index contributed by atoms with van der Waals surface area (Å²) in [5.41, 5.74) is 3.89. The molecule has 1 unspecified atom stereocenters. The van der Waals surface area contributed by atoms with E-state index in [-0.39, 0.29) is 0 Å². The van der Waals surface area contributed by atoms with Gasteiger partial charge in [-0.05, 0) is 37.3 Å². The molecule has 0 aliphatic rings. The van der Waals surface area contributed by atoms with Gasteiger partial charge in [0.15, 0.2) is 0 Å². The zero-order valence-electron chi connectivity index (χ0n) is 11.6. The van der Waals surface area contributed by atoms with E-state index in [9.17, 15) is 0 Å². The normalized spacial score (nSPS) is 12.6. The summed E-state index contributed by atoms with van der Waals surface area (Å²) < 4.78 is 2.02. The predicted octanol–water partition coefficient (Wildman–Crippen LogP) is 4.44. The molecule has 0 bridgehead atoms. The standard InChI is InChI=1S/C16H21BrN2/c1-3-14-12-15(19(2)18-14)10-7-11-16(17)13-8-5-4-6-9-13/h4-6,8-9,12,16H,3,7,10-11H2,1-2H3. The number of aryl methyl sites for hydroxylation is 3. The van der Waals surface area contributed by atoms with Crippen molar-refractivity contribution in [1.29, 1.82) is 0 Å². The summed E-state index contributed by atoms with van der Waals surface area (Å²) >= 11 is 3.77. The summed E-state index contributed by atoms with van der Waals surface area (Å²) in [5, 5.41) is 4.49. The SMILES string of the molecule is CCc1cc(CCCC(Br)c2ccccc2)n(C)n1. The van der Waals surface area contributed by atoms with Crippen molar-refractivity contribution in [3.63, 3.8) is 0 Å². The number of nitrogens with zero attached hydrogens (tertiary/aromatic N) is 2. The van der Waals surface area contributed by atoms with E-state index in [1.54, 1.807) is 0 Å². The number of aromatic nitrogens is 2. The third-order valence-corrected chi connectivity index (χ3v) is 4.43. The van der Waals surface area contributed by atoms with E-state index in [2.05, 4.69) is 64.4 Å². The smallest absolute Gasteiger partial charge is 0.0624 e. The van der Waals surface area contributed by atoms with Gasteiger partial charge in [-0.25, -0.2) is 0 Å². The molecule has 0 radical (unpaired) electrons. The summed E-state index contributed by atoms with van der Waals surface area (Å²) in [7, 11) is 2.04. The van der Waals surface area contributed by atoms with Crippen molar-refractivity contribution in [3.05, 3.63) is 53.3 Å². The third kappa shape index (κ3) is 3.93. The quantitative estimate of drug-likeness (QED) is 0.719. The lowest BCUT2D eigenvalue weighted by atomic mass is 10.1. The Morgan fingerprint density at radius 2 is 2.00 bits per heavy atom. The van der Waals surface area contributed by atoms with Gasteiger partial charge in [0.05, 0.1) is 5.69 Å². The van der Waals surface area contributed by atoms with Crippen molar-refractivity contribution in [1.82, 2.24) is 9.78 Å². The van der Waals surface area contributed by atoms with Crippen LogP contribution in [-0.2, 0) is 19.9 Å². The van der Waals surface area contributed by atoms with Crippen LogP contribution >= 0.6 is 15.9 Å². The molecule has 0 amide bonds. The zero-order valence-corrected chi connectivity index (χ0v) is 13.2. The average molecular weight is 321 g/mol. The van der Waals surface area contributed by atoms with E-state index in [0.29, 0.717) is 4.83 Å². The highest BCUT2D eigenvalue weighted by Gasteiger charge is 2.08. The first-order valence-corrected chi connectivity index (χ1v) is 7.83. The molecule has 0 saturated heterocycles. The molecule has 0 aliphatic carbocycles. The van der Waals surface area contributed by atoms with E-state index in [0.717, 1.165) is 19.3 Å². The maximum absolute atomic E-state index is 4.49. The fourth-order valence-corrected chi connectivity index (χ4v) is 2.90. The van der Waals surface area contributed by atoms with Crippen LogP contribution in [0.3, 0.4) is 0 Å². The maximum atomic E-state index is 4.49. The van der Waals surface area contributed by atoms with Crippen molar-refractivity contribution >= 4 is 15.9 Å². The van der Waals surface area contributed by atoms with E-state index in [1.807, 2.05) is 11.7 Å². The monoisotopic (exact) mass is 320 g/mol. The van der Waals surface area contributed by atoms with Crippen LogP contribution in [0.15, 0.2) is 36.4 Å². The molecule has 1 aromatic carbocycles. The van der Waals surface area contributed by atoms with Crippen molar-refractivity contribution in [3.8, 4) is 0 Å². The molecule has 0 aliphatic heterocycles. The maximum Gasteiger partial charge on any atom is 0.0624 e. The molecule has 19 heavy (non-hydrogen) atoms. The van der Waals surface area contributed by atoms with Crippen LogP contribution in [0.5, 0.6) is 0 Å². The van der Waals surface area contributed by atoms with Crippen LogP contribution in [0.25, 0.3) is 0 Å². The molecular formula is C16H21BrN2. The lowest BCUT2D eigenvalue weighted by Crippen LogP contribution is -1.99. The van der Waals surface area contributed by atoms with Gasteiger partial charge in [0.25, 0.3) is 0 Å². The Morgan fingerprint density at radius 3 is 2.63 bits per heavy atom. The molecular weight excluding hydrogens is 300 g/mol. The Hall–Kier alpha value is -1.09. The van der Waals surface area contributed by atoms with Crippen molar-refractivity contribution < 1.29 is 0 Å². The Labute approximate surface area is 124 Å². The first-order chi connectivity index (χ1) is 9.20. The summed E-state index contributed by atoms with van der Waals surface area (Å²) in [5.74, 6) is 0. The van der Waals surface area contributed by atoms with Gasteiger partial charge in [0.1, 0.15) is 0 Å². The van der Waals surface area contributed by atoms with Gasteiger partial charge in [-0.1, -0.05) is 53.2 Å². The Balaban J connectivity index is 1.84. The summed E-state index contributed by atoms with van der Waals surface area (Å²) in [4.78, 5) is 0.451. The third-order valence-electron chi connectivity index (χ3n) is 3.44. The minimum Gasteiger partial charge on any atom is -0.272 e. The van der Waals surface area contributed by atoms with Crippen LogP contribution in [0.2, 0.25) is 0 Å². The van der Waals surface area contributed by atoms with E-state index < -0.39 is 0 Å². The second-order valence-corrected chi connectivity index (χ2v) is 5.98. The number of alkyl halides is 1. The number of rotatable bonds is 6. The topological polar surface area (TPSA) is 17.8 Å². The van der Waals surface area contributed by atoms with E-state index >= 15 is 0 Å². The van der Waals surface area contributed by atoms with Crippen LogP contribution in [0, 0.1) is 0 Å². The lowest BCUT2D eigenvalue weighted by molar-refractivity contribution is 0.653. The number of hydrogen-bond donors (Lipinski definition) is 0. The summed E-state index contributed by atoms with van der Waals surface area (Å²) in [6.07, 6.45) is 4.43. The molecule has 102 valence electrons. The molecule has 3 heteroatoms. The van der Waals surface area contributed by atoms with Crippen molar-refractivity contribution in [2.45, 2.75) is 37.4 Å². The highest BCUT2D eigenvalue weighted by Crippen LogP contribution is 2.28. The first kappa shape index (κ1) is 14.3. The van der Waals surface area contributed by atoms with Gasteiger partial charge in [0, 0.05) is 17.6 Å². The second-order valence-electron chi connectivity index (χ2n) is 4.87. The number of hydrogen-bond acceptors (Lipinski definition) is 1.